The van der Waals surface area contributed by atoms with Crippen LogP contribution in [0.5, 0.6) is 0 Å². The molecule has 0 amide bonds. The number of rotatable bonds is 6. The van der Waals surface area contributed by atoms with Crippen LogP contribution >= 0.6 is 0 Å². The molecule has 7 heteroatoms. The normalized spacial score (nSPS) is 15.4. The van der Waals surface area contributed by atoms with Crippen LogP contribution in [-0.2, 0) is 29.7 Å². The first-order valence-corrected chi connectivity index (χ1v) is 10.7. The number of sulfonamides is 1. The first-order valence-electron chi connectivity index (χ1n) is 9.21. The molecule has 2 heterocycles. The second-order valence-corrected chi connectivity index (χ2v) is 8.68. The third-order valence-electron chi connectivity index (χ3n) is 5.16. The molecule has 0 saturated heterocycles. The van der Waals surface area contributed by atoms with Gasteiger partial charge in [-0.3, -0.25) is 9.58 Å². The van der Waals surface area contributed by atoms with Gasteiger partial charge in [-0.15, -0.1) is 0 Å². The van der Waals surface area contributed by atoms with E-state index in [2.05, 4.69) is 34.3 Å². The van der Waals surface area contributed by atoms with Crippen LogP contribution in [0, 0.1) is 13.8 Å². The van der Waals surface area contributed by atoms with E-state index in [0.29, 0.717) is 36.0 Å². The summed E-state index contributed by atoms with van der Waals surface area (Å²) in [5.41, 5.74) is 4.04. The Balaban J connectivity index is 1.85. The highest BCUT2D eigenvalue weighted by Crippen LogP contribution is 2.25. The van der Waals surface area contributed by atoms with Gasteiger partial charge in [-0.25, -0.2) is 8.42 Å². The highest BCUT2D eigenvalue weighted by Gasteiger charge is 2.29. The molecule has 0 bridgehead atoms. The topological polar surface area (TPSA) is 58.4 Å². The van der Waals surface area contributed by atoms with Crippen LogP contribution in [0.2, 0.25) is 0 Å². The molecule has 0 saturated carbocycles. The van der Waals surface area contributed by atoms with E-state index in [1.54, 1.807) is 6.92 Å². The number of benzene rings is 1. The molecule has 3 rings (SSSR count). The lowest BCUT2D eigenvalue weighted by Gasteiger charge is -2.29. The van der Waals surface area contributed by atoms with E-state index in [1.165, 1.54) is 15.4 Å². The van der Waals surface area contributed by atoms with Crippen molar-refractivity contribution >= 4 is 10.0 Å². The zero-order valence-corrected chi connectivity index (χ0v) is 16.9. The van der Waals surface area contributed by atoms with E-state index in [4.69, 9.17) is 0 Å². The van der Waals surface area contributed by atoms with Gasteiger partial charge in [0.05, 0.1) is 18.1 Å². The van der Waals surface area contributed by atoms with Crippen molar-refractivity contribution in [2.24, 2.45) is 0 Å². The van der Waals surface area contributed by atoms with Gasteiger partial charge < -0.3 is 0 Å². The number of fused-ring (bicyclic) bond motifs is 1. The summed E-state index contributed by atoms with van der Waals surface area (Å²) in [6, 6.07) is 8.50. The quantitative estimate of drug-likeness (QED) is 0.777. The van der Waals surface area contributed by atoms with Gasteiger partial charge in [0.2, 0.25) is 10.0 Å². The molecule has 0 unspecified atom stereocenters. The fraction of sp³-hybridized carbons (Fsp3) is 0.526. The molecule has 0 fully saturated rings. The summed E-state index contributed by atoms with van der Waals surface area (Å²) in [6.45, 7) is 10.7. The maximum atomic E-state index is 13.0. The molecule has 2 aromatic rings. The Morgan fingerprint density at radius 2 is 1.77 bits per heavy atom. The summed E-state index contributed by atoms with van der Waals surface area (Å²) in [5.74, 6) is 0. The van der Waals surface area contributed by atoms with Crippen molar-refractivity contribution in [1.82, 2.24) is 19.0 Å². The Kier molecular flexibility index (Phi) is 5.50. The second-order valence-electron chi connectivity index (χ2n) is 6.80. The summed E-state index contributed by atoms with van der Waals surface area (Å²) in [4.78, 5) is 2.67. The minimum Gasteiger partial charge on any atom is -0.280 e. The Labute approximate surface area is 156 Å². The van der Waals surface area contributed by atoms with Crippen LogP contribution in [0.4, 0.5) is 0 Å². The van der Waals surface area contributed by atoms with Gasteiger partial charge >= 0.3 is 0 Å². The van der Waals surface area contributed by atoms with Crippen molar-refractivity contribution < 1.29 is 8.42 Å². The van der Waals surface area contributed by atoms with Crippen LogP contribution in [0.15, 0.2) is 29.2 Å². The van der Waals surface area contributed by atoms with E-state index in [1.807, 2.05) is 25.5 Å². The molecule has 0 N–H and O–H groups in total. The van der Waals surface area contributed by atoms with E-state index < -0.39 is 10.0 Å². The van der Waals surface area contributed by atoms with Crippen molar-refractivity contribution in [2.75, 3.05) is 19.6 Å². The molecule has 1 aromatic heterocycles. The van der Waals surface area contributed by atoms with Crippen LogP contribution in [0.3, 0.4) is 0 Å². The molecular formula is C19H28N4O2S. The number of aryl methyl sites for hydroxylation is 1. The molecule has 1 aromatic carbocycles. The average Bonchev–Trinajstić information content (AvgIpc) is 2.89. The maximum Gasteiger partial charge on any atom is 0.246 e. The van der Waals surface area contributed by atoms with Crippen LogP contribution < -0.4 is 0 Å². The third-order valence-corrected chi connectivity index (χ3v) is 7.47. The predicted octanol–water partition coefficient (Wildman–Crippen LogP) is 2.55. The van der Waals surface area contributed by atoms with Crippen molar-refractivity contribution in [3.05, 3.63) is 46.8 Å². The van der Waals surface area contributed by atoms with Crippen molar-refractivity contribution in [2.45, 2.75) is 52.2 Å². The van der Waals surface area contributed by atoms with E-state index in [0.717, 1.165) is 19.5 Å². The number of hydrogen-bond donors (Lipinski definition) is 0. The molecule has 0 aliphatic carbocycles. The summed E-state index contributed by atoms with van der Waals surface area (Å²) in [7, 11) is -3.50. The molecule has 0 spiro atoms. The van der Waals surface area contributed by atoms with E-state index >= 15 is 0 Å². The van der Waals surface area contributed by atoms with Crippen LogP contribution in [0.1, 0.15) is 36.4 Å². The lowest BCUT2D eigenvalue weighted by Crippen LogP contribution is -2.33. The number of aromatic nitrogens is 2. The fourth-order valence-corrected chi connectivity index (χ4v) is 5.58. The predicted molar refractivity (Wildman–Crippen MR) is 102 cm³/mol. The molecule has 1 aliphatic heterocycles. The Bertz CT molecular complexity index is 885. The molecule has 0 atom stereocenters. The van der Waals surface area contributed by atoms with Crippen LogP contribution in [0.25, 0.3) is 0 Å². The first kappa shape index (κ1) is 19.1. The largest absolute Gasteiger partial charge is 0.280 e. The fourth-order valence-electron chi connectivity index (χ4n) is 3.75. The van der Waals surface area contributed by atoms with Crippen molar-refractivity contribution in [3.8, 4) is 0 Å². The smallest absolute Gasteiger partial charge is 0.246 e. The second kappa shape index (κ2) is 7.50. The molecule has 1 aliphatic rings. The van der Waals surface area contributed by atoms with Gasteiger partial charge in [0.1, 0.15) is 4.90 Å². The van der Waals surface area contributed by atoms with Crippen molar-refractivity contribution in [3.63, 3.8) is 0 Å². The SMILES string of the molecule is CCN(CC)S(=O)(=O)c1c(C)nn(CN2CCc3ccccc3C2)c1C. The van der Waals surface area contributed by atoms with Gasteiger partial charge in [-0.05, 0) is 31.4 Å². The van der Waals surface area contributed by atoms with Gasteiger partial charge in [0, 0.05) is 26.2 Å². The van der Waals surface area contributed by atoms with Gasteiger partial charge in [0.25, 0.3) is 0 Å². The highest BCUT2D eigenvalue weighted by molar-refractivity contribution is 7.89. The summed E-state index contributed by atoms with van der Waals surface area (Å²) in [6.07, 6.45) is 1.01. The number of hydrogen-bond acceptors (Lipinski definition) is 4. The van der Waals surface area contributed by atoms with Gasteiger partial charge in [-0.1, -0.05) is 38.1 Å². The monoisotopic (exact) mass is 376 g/mol. The maximum absolute atomic E-state index is 13.0. The Hall–Kier alpha value is -1.70. The lowest BCUT2D eigenvalue weighted by atomic mass is 10.0. The minimum absolute atomic E-state index is 0.360. The first-order chi connectivity index (χ1) is 12.4. The molecule has 0 radical (unpaired) electrons. The summed E-state index contributed by atoms with van der Waals surface area (Å²) < 4.78 is 29.3. The third kappa shape index (κ3) is 3.43. The Morgan fingerprint density at radius 3 is 2.42 bits per heavy atom. The lowest BCUT2D eigenvalue weighted by molar-refractivity contribution is 0.187. The highest BCUT2D eigenvalue weighted by atomic mass is 32.2. The van der Waals surface area contributed by atoms with E-state index in [9.17, 15) is 8.42 Å². The van der Waals surface area contributed by atoms with Gasteiger partial charge in [-0.2, -0.15) is 9.40 Å². The van der Waals surface area contributed by atoms with Crippen LogP contribution in [-0.4, -0.2) is 47.0 Å². The zero-order chi connectivity index (χ0) is 18.9. The minimum atomic E-state index is -3.50. The molecular weight excluding hydrogens is 348 g/mol. The average molecular weight is 377 g/mol. The zero-order valence-electron chi connectivity index (χ0n) is 16.1. The van der Waals surface area contributed by atoms with Gasteiger partial charge in [0.15, 0.2) is 0 Å². The summed E-state index contributed by atoms with van der Waals surface area (Å²) >= 11 is 0. The molecule has 26 heavy (non-hydrogen) atoms. The molecule has 142 valence electrons. The summed E-state index contributed by atoms with van der Waals surface area (Å²) in [5, 5.41) is 4.55. The number of nitrogens with zero attached hydrogens (tertiary/aromatic N) is 4. The van der Waals surface area contributed by atoms with E-state index in [-0.39, 0.29) is 0 Å². The van der Waals surface area contributed by atoms with Crippen molar-refractivity contribution in [1.29, 1.82) is 0 Å². The Morgan fingerprint density at radius 1 is 1.12 bits per heavy atom. The molecule has 6 nitrogen and oxygen atoms in total. The standard InChI is InChI=1S/C19H28N4O2S/c1-5-22(6-2)26(24,25)19-15(3)20-23(16(19)4)14-21-12-11-17-9-7-8-10-18(17)13-21/h7-10H,5-6,11-14H2,1-4H3.